The number of nitrogens with zero attached hydrogens (tertiary/aromatic N) is 1. The van der Waals surface area contributed by atoms with E-state index in [0.29, 0.717) is 5.92 Å². The first-order valence-corrected chi connectivity index (χ1v) is 7.18. The number of aliphatic hydroxyl groups is 1. The van der Waals surface area contributed by atoms with E-state index >= 15 is 0 Å². The van der Waals surface area contributed by atoms with Gasteiger partial charge in [0.15, 0.2) is 0 Å². The summed E-state index contributed by atoms with van der Waals surface area (Å²) in [6, 6.07) is 4.16. The number of rotatable bonds is 2. The summed E-state index contributed by atoms with van der Waals surface area (Å²) in [6.07, 6.45) is 11.7. The van der Waals surface area contributed by atoms with Crippen LogP contribution in [-0.4, -0.2) is 21.7 Å². The molecule has 0 bridgehead atoms. The number of hydrogen-bond donors (Lipinski definition) is 2. The second kappa shape index (κ2) is 4.88. The summed E-state index contributed by atoms with van der Waals surface area (Å²) in [5.41, 5.74) is 0.536. The van der Waals surface area contributed by atoms with Gasteiger partial charge in [-0.1, -0.05) is 19.3 Å². The van der Waals surface area contributed by atoms with Crippen LogP contribution in [0.15, 0.2) is 24.5 Å². The van der Waals surface area contributed by atoms with Crippen molar-refractivity contribution in [2.45, 2.75) is 56.6 Å². The van der Waals surface area contributed by atoms with Gasteiger partial charge in [-0.15, -0.1) is 0 Å². The first kappa shape index (κ1) is 12.0. The Morgan fingerprint density at radius 3 is 2.94 bits per heavy atom. The number of aromatic nitrogens is 1. The fourth-order valence-electron chi connectivity index (χ4n) is 3.77. The molecule has 0 aliphatic heterocycles. The van der Waals surface area contributed by atoms with Crippen LogP contribution in [0.2, 0.25) is 0 Å². The molecule has 2 aliphatic carbocycles. The molecule has 0 radical (unpaired) electrons. The maximum absolute atomic E-state index is 11.0. The van der Waals surface area contributed by atoms with Gasteiger partial charge in [-0.2, -0.15) is 0 Å². The number of nitrogens with one attached hydrogen (secondary N) is 1. The molecule has 3 nitrogen and oxygen atoms in total. The molecule has 1 heterocycles. The van der Waals surface area contributed by atoms with Gasteiger partial charge < -0.3 is 10.4 Å². The Morgan fingerprint density at radius 2 is 2.11 bits per heavy atom. The lowest BCUT2D eigenvalue weighted by Crippen LogP contribution is -2.56. The fraction of sp³-hybridized carbons (Fsp3) is 0.667. The van der Waals surface area contributed by atoms with Crippen molar-refractivity contribution in [3.8, 4) is 0 Å². The maximum atomic E-state index is 11.0. The molecule has 98 valence electrons. The fourth-order valence-corrected chi connectivity index (χ4v) is 3.77. The van der Waals surface area contributed by atoms with Crippen molar-refractivity contribution in [1.29, 1.82) is 0 Å². The van der Waals surface area contributed by atoms with Crippen LogP contribution < -0.4 is 5.32 Å². The van der Waals surface area contributed by atoms with Crippen molar-refractivity contribution in [3.05, 3.63) is 24.5 Å². The molecule has 3 atom stereocenters. The van der Waals surface area contributed by atoms with Crippen molar-refractivity contribution in [1.82, 2.24) is 4.98 Å². The lowest BCUT2D eigenvalue weighted by atomic mass is 9.65. The monoisotopic (exact) mass is 246 g/mol. The number of hydrogen-bond acceptors (Lipinski definition) is 3. The smallest absolute Gasteiger partial charge is 0.0875 e. The molecule has 0 aromatic carbocycles. The summed E-state index contributed by atoms with van der Waals surface area (Å²) < 4.78 is 0. The van der Waals surface area contributed by atoms with Gasteiger partial charge in [0.05, 0.1) is 17.3 Å². The molecule has 18 heavy (non-hydrogen) atoms. The van der Waals surface area contributed by atoms with E-state index in [2.05, 4.69) is 10.3 Å². The van der Waals surface area contributed by atoms with Crippen LogP contribution >= 0.6 is 0 Å². The SMILES string of the molecule is O[C@@]12CCCC[C@@H]1CCC[C@@H]2Nc1cccnc1. The second-order valence-corrected chi connectivity index (χ2v) is 5.80. The summed E-state index contributed by atoms with van der Waals surface area (Å²) in [6.45, 7) is 0. The maximum Gasteiger partial charge on any atom is 0.0875 e. The van der Waals surface area contributed by atoms with E-state index in [1.807, 2.05) is 18.3 Å². The first-order valence-electron chi connectivity index (χ1n) is 7.18. The summed E-state index contributed by atoms with van der Waals surface area (Å²) in [5, 5.41) is 14.5. The van der Waals surface area contributed by atoms with Gasteiger partial charge in [-0.25, -0.2) is 0 Å². The van der Waals surface area contributed by atoms with E-state index in [9.17, 15) is 5.11 Å². The highest BCUT2D eigenvalue weighted by Crippen LogP contribution is 2.44. The van der Waals surface area contributed by atoms with Gasteiger partial charge in [0.2, 0.25) is 0 Å². The molecule has 2 N–H and O–H groups in total. The minimum atomic E-state index is -0.494. The third-order valence-corrected chi connectivity index (χ3v) is 4.74. The number of anilines is 1. The largest absolute Gasteiger partial charge is 0.387 e. The quantitative estimate of drug-likeness (QED) is 0.843. The molecular weight excluding hydrogens is 224 g/mol. The normalized spacial score (nSPS) is 35.8. The van der Waals surface area contributed by atoms with Gasteiger partial charge in [0.1, 0.15) is 0 Å². The van der Waals surface area contributed by atoms with Crippen molar-refractivity contribution in [3.63, 3.8) is 0 Å². The van der Waals surface area contributed by atoms with Crippen LogP contribution in [0.5, 0.6) is 0 Å². The van der Waals surface area contributed by atoms with E-state index in [1.165, 1.54) is 25.7 Å². The van der Waals surface area contributed by atoms with E-state index in [-0.39, 0.29) is 6.04 Å². The van der Waals surface area contributed by atoms with Crippen molar-refractivity contribution in [2.24, 2.45) is 5.92 Å². The summed E-state index contributed by atoms with van der Waals surface area (Å²) >= 11 is 0. The molecule has 0 unspecified atom stereocenters. The Kier molecular flexibility index (Phi) is 3.25. The molecule has 1 aromatic heterocycles. The van der Waals surface area contributed by atoms with E-state index in [0.717, 1.165) is 24.9 Å². The third kappa shape index (κ3) is 2.12. The van der Waals surface area contributed by atoms with E-state index in [1.54, 1.807) is 6.20 Å². The number of pyridine rings is 1. The molecule has 2 aliphatic rings. The molecule has 0 spiro atoms. The summed E-state index contributed by atoms with van der Waals surface area (Å²) in [7, 11) is 0. The Balaban J connectivity index is 1.78. The van der Waals surface area contributed by atoms with Crippen LogP contribution in [0.25, 0.3) is 0 Å². The first-order chi connectivity index (χ1) is 8.79. The average molecular weight is 246 g/mol. The average Bonchev–Trinajstić information content (AvgIpc) is 2.41. The zero-order chi connectivity index (χ0) is 12.4. The van der Waals surface area contributed by atoms with Crippen LogP contribution in [0, 0.1) is 5.92 Å². The molecular formula is C15H22N2O. The van der Waals surface area contributed by atoms with E-state index < -0.39 is 5.60 Å². The Bertz CT molecular complexity index is 393. The Labute approximate surface area is 109 Å². The molecule has 2 saturated carbocycles. The topological polar surface area (TPSA) is 45.1 Å². The van der Waals surface area contributed by atoms with Gasteiger partial charge in [0, 0.05) is 12.4 Å². The van der Waals surface area contributed by atoms with Gasteiger partial charge in [-0.05, 0) is 43.7 Å². The highest BCUT2D eigenvalue weighted by Gasteiger charge is 2.47. The van der Waals surface area contributed by atoms with E-state index in [4.69, 9.17) is 0 Å². The van der Waals surface area contributed by atoms with Gasteiger partial charge >= 0.3 is 0 Å². The summed E-state index contributed by atoms with van der Waals surface area (Å²) in [4.78, 5) is 4.13. The zero-order valence-electron chi connectivity index (χ0n) is 10.8. The zero-order valence-corrected chi connectivity index (χ0v) is 10.8. The summed E-state index contributed by atoms with van der Waals surface area (Å²) in [5.74, 6) is 0.495. The van der Waals surface area contributed by atoms with Gasteiger partial charge in [-0.3, -0.25) is 4.98 Å². The van der Waals surface area contributed by atoms with Gasteiger partial charge in [0.25, 0.3) is 0 Å². The highest BCUT2D eigenvalue weighted by molar-refractivity contribution is 5.42. The molecule has 3 heteroatoms. The minimum Gasteiger partial charge on any atom is -0.387 e. The lowest BCUT2D eigenvalue weighted by Gasteiger charge is -2.49. The molecule has 0 amide bonds. The minimum absolute atomic E-state index is 0.195. The van der Waals surface area contributed by atoms with Crippen molar-refractivity contribution < 1.29 is 5.11 Å². The Hall–Kier alpha value is -1.09. The standard InChI is InChI=1S/C15H22N2O/c18-15-9-2-1-5-12(15)6-3-8-14(15)17-13-7-4-10-16-11-13/h4,7,10-12,14,17-18H,1-3,5-6,8-9H2/t12-,14+,15+/m1/s1. The van der Waals surface area contributed by atoms with Crippen LogP contribution in [0.3, 0.4) is 0 Å². The molecule has 0 saturated heterocycles. The van der Waals surface area contributed by atoms with Crippen LogP contribution in [0.4, 0.5) is 5.69 Å². The predicted molar refractivity (Wildman–Crippen MR) is 72.4 cm³/mol. The van der Waals surface area contributed by atoms with Crippen molar-refractivity contribution in [2.75, 3.05) is 5.32 Å². The molecule has 1 aromatic rings. The number of fused-ring (bicyclic) bond motifs is 1. The molecule has 2 fully saturated rings. The van der Waals surface area contributed by atoms with Crippen molar-refractivity contribution >= 4 is 5.69 Å². The van der Waals surface area contributed by atoms with Crippen LogP contribution in [0.1, 0.15) is 44.9 Å². The Morgan fingerprint density at radius 1 is 1.22 bits per heavy atom. The van der Waals surface area contributed by atoms with Crippen LogP contribution in [-0.2, 0) is 0 Å². The third-order valence-electron chi connectivity index (χ3n) is 4.74. The predicted octanol–water partition coefficient (Wildman–Crippen LogP) is 2.97. The second-order valence-electron chi connectivity index (χ2n) is 5.80. The molecule has 3 rings (SSSR count). The lowest BCUT2D eigenvalue weighted by molar-refractivity contribution is -0.0835. The highest BCUT2D eigenvalue weighted by atomic mass is 16.3.